The molecule has 0 bridgehead atoms. The molecule has 0 radical (unpaired) electrons. The van der Waals surface area contributed by atoms with Gasteiger partial charge < -0.3 is 20.1 Å². The monoisotopic (exact) mass is 204 g/mol. The van der Waals surface area contributed by atoms with Crippen molar-refractivity contribution in [3.8, 4) is 0 Å². The van der Waals surface area contributed by atoms with Gasteiger partial charge in [-0.05, 0) is 13.5 Å². The van der Waals surface area contributed by atoms with Crippen LogP contribution in [0.15, 0.2) is 0 Å². The quantitative estimate of drug-likeness (QED) is 0.549. The van der Waals surface area contributed by atoms with Gasteiger partial charge in [0.1, 0.15) is 0 Å². The molecule has 4 nitrogen and oxygen atoms in total. The van der Waals surface area contributed by atoms with Crippen LogP contribution in [0.4, 0.5) is 0 Å². The highest BCUT2D eigenvalue weighted by atomic mass is 16.5. The van der Waals surface area contributed by atoms with Crippen molar-refractivity contribution in [1.82, 2.24) is 4.90 Å². The minimum absolute atomic E-state index is 0.0937. The maximum absolute atomic E-state index is 5.81. The minimum atomic E-state index is 0.0937. The van der Waals surface area contributed by atoms with Crippen LogP contribution in [0, 0.1) is 0 Å². The molecule has 1 unspecified atom stereocenters. The van der Waals surface area contributed by atoms with Crippen LogP contribution in [0.3, 0.4) is 0 Å². The number of hydrogen-bond acceptors (Lipinski definition) is 4. The van der Waals surface area contributed by atoms with Crippen LogP contribution >= 0.6 is 0 Å². The van der Waals surface area contributed by atoms with Crippen molar-refractivity contribution in [1.29, 1.82) is 0 Å². The van der Waals surface area contributed by atoms with E-state index in [2.05, 4.69) is 11.8 Å². The zero-order valence-electron chi connectivity index (χ0n) is 9.66. The van der Waals surface area contributed by atoms with E-state index in [0.29, 0.717) is 6.61 Å². The first kappa shape index (κ1) is 13.8. The van der Waals surface area contributed by atoms with E-state index in [9.17, 15) is 0 Å². The van der Waals surface area contributed by atoms with E-state index in [1.54, 1.807) is 7.11 Å². The van der Waals surface area contributed by atoms with E-state index < -0.39 is 0 Å². The summed E-state index contributed by atoms with van der Waals surface area (Å²) < 4.78 is 10.3. The Labute approximate surface area is 87.4 Å². The molecule has 4 heteroatoms. The van der Waals surface area contributed by atoms with E-state index in [1.165, 1.54) is 0 Å². The van der Waals surface area contributed by atoms with Crippen LogP contribution in [-0.2, 0) is 9.47 Å². The summed E-state index contributed by atoms with van der Waals surface area (Å²) in [5, 5.41) is 0. The van der Waals surface area contributed by atoms with Gasteiger partial charge in [0.15, 0.2) is 0 Å². The normalized spacial score (nSPS) is 13.5. The molecule has 0 heterocycles. The van der Waals surface area contributed by atoms with E-state index in [1.807, 2.05) is 7.05 Å². The van der Waals surface area contributed by atoms with Crippen LogP contribution in [-0.4, -0.2) is 58.0 Å². The fraction of sp³-hybridized carbons (Fsp3) is 1.00. The van der Waals surface area contributed by atoms with Crippen molar-refractivity contribution in [2.45, 2.75) is 19.4 Å². The highest BCUT2D eigenvalue weighted by molar-refractivity contribution is 4.64. The number of nitrogens with zero attached hydrogens (tertiary/aromatic N) is 1. The summed E-state index contributed by atoms with van der Waals surface area (Å²) in [7, 11) is 3.72. The summed E-state index contributed by atoms with van der Waals surface area (Å²) in [4.78, 5) is 2.17. The van der Waals surface area contributed by atoms with Gasteiger partial charge in [0, 0.05) is 32.8 Å². The largest absolute Gasteiger partial charge is 0.383 e. The number of nitrogens with two attached hydrogens (primary N) is 1. The van der Waals surface area contributed by atoms with Gasteiger partial charge in [-0.2, -0.15) is 0 Å². The van der Waals surface area contributed by atoms with Crippen molar-refractivity contribution in [2.75, 3.05) is 47.1 Å². The van der Waals surface area contributed by atoms with Crippen LogP contribution in [0.2, 0.25) is 0 Å². The Kier molecular flexibility index (Phi) is 9.29. The molecule has 0 spiro atoms. The van der Waals surface area contributed by atoms with Gasteiger partial charge in [0.05, 0.1) is 13.2 Å². The van der Waals surface area contributed by atoms with Gasteiger partial charge in [0.25, 0.3) is 0 Å². The summed E-state index contributed by atoms with van der Waals surface area (Å²) >= 11 is 0. The average molecular weight is 204 g/mol. The van der Waals surface area contributed by atoms with Crippen molar-refractivity contribution in [2.24, 2.45) is 5.73 Å². The second-order valence-corrected chi connectivity index (χ2v) is 3.59. The molecule has 0 saturated carbocycles. The standard InChI is InChI=1S/C10H24N2O2/c1-4-6-14-7-5-12(2)8-10(11)9-13-3/h10H,4-9,11H2,1-3H3. The Morgan fingerprint density at radius 3 is 2.64 bits per heavy atom. The zero-order chi connectivity index (χ0) is 10.8. The van der Waals surface area contributed by atoms with Gasteiger partial charge in [-0.3, -0.25) is 0 Å². The van der Waals surface area contributed by atoms with Gasteiger partial charge in [0.2, 0.25) is 0 Å². The minimum Gasteiger partial charge on any atom is -0.383 e. The van der Waals surface area contributed by atoms with Crippen LogP contribution in [0.5, 0.6) is 0 Å². The second kappa shape index (κ2) is 9.40. The fourth-order valence-electron chi connectivity index (χ4n) is 1.23. The molecule has 86 valence electrons. The molecular weight excluding hydrogens is 180 g/mol. The topological polar surface area (TPSA) is 47.7 Å². The third kappa shape index (κ3) is 8.44. The third-order valence-corrected chi connectivity index (χ3v) is 1.89. The molecule has 0 aromatic heterocycles. The van der Waals surface area contributed by atoms with Gasteiger partial charge in [-0.15, -0.1) is 0 Å². The molecule has 0 aliphatic heterocycles. The first-order valence-electron chi connectivity index (χ1n) is 5.21. The molecule has 0 aromatic rings. The van der Waals surface area contributed by atoms with Crippen LogP contribution in [0.1, 0.15) is 13.3 Å². The first-order valence-corrected chi connectivity index (χ1v) is 5.21. The van der Waals surface area contributed by atoms with E-state index in [-0.39, 0.29) is 6.04 Å². The molecule has 0 aliphatic carbocycles. The lowest BCUT2D eigenvalue weighted by atomic mass is 10.3. The van der Waals surface area contributed by atoms with Crippen LogP contribution in [0.25, 0.3) is 0 Å². The maximum Gasteiger partial charge on any atom is 0.0626 e. The van der Waals surface area contributed by atoms with Crippen LogP contribution < -0.4 is 5.73 Å². The summed E-state index contributed by atoms with van der Waals surface area (Å²) in [6, 6.07) is 0.0937. The van der Waals surface area contributed by atoms with Crippen molar-refractivity contribution < 1.29 is 9.47 Å². The van der Waals surface area contributed by atoms with Crippen molar-refractivity contribution in [3.63, 3.8) is 0 Å². The van der Waals surface area contributed by atoms with E-state index in [4.69, 9.17) is 15.2 Å². The lowest BCUT2D eigenvalue weighted by Gasteiger charge is -2.20. The predicted molar refractivity (Wildman–Crippen MR) is 58.5 cm³/mol. The molecule has 0 aromatic carbocycles. The van der Waals surface area contributed by atoms with Gasteiger partial charge in [-0.1, -0.05) is 6.92 Å². The van der Waals surface area contributed by atoms with Gasteiger partial charge >= 0.3 is 0 Å². The molecule has 0 amide bonds. The van der Waals surface area contributed by atoms with Gasteiger partial charge in [-0.25, -0.2) is 0 Å². The second-order valence-electron chi connectivity index (χ2n) is 3.59. The lowest BCUT2D eigenvalue weighted by molar-refractivity contribution is 0.103. The highest BCUT2D eigenvalue weighted by Gasteiger charge is 2.05. The Morgan fingerprint density at radius 1 is 1.36 bits per heavy atom. The number of hydrogen-bond donors (Lipinski definition) is 1. The number of likely N-dealkylation sites (N-methyl/N-ethyl adjacent to an activating group) is 1. The highest BCUT2D eigenvalue weighted by Crippen LogP contribution is 1.89. The molecule has 0 fully saturated rings. The number of ether oxygens (including phenoxy) is 2. The zero-order valence-corrected chi connectivity index (χ0v) is 9.66. The Hall–Kier alpha value is -0.160. The maximum atomic E-state index is 5.81. The summed E-state index contributed by atoms with van der Waals surface area (Å²) in [6.07, 6.45) is 1.08. The molecule has 0 aliphatic rings. The molecule has 1 atom stereocenters. The Bertz CT molecular complexity index is 123. The fourth-order valence-corrected chi connectivity index (χ4v) is 1.23. The SMILES string of the molecule is CCCOCCN(C)CC(N)COC. The molecule has 0 rings (SSSR count). The summed E-state index contributed by atoms with van der Waals surface area (Å²) in [5.41, 5.74) is 5.81. The first-order chi connectivity index (χ1) is 6.70. The Morgan fingerprint density at radius 2 is 2.07 bits per heavy atom. The average Bonchev–Trinajstić information content (AvgIpc) is 2.13. The lowest BCUT2D eigenvalue weighted by Crippen LogP contribution is -2.39. The summed E-state index contributed by atoms with van der Waals surface area (Å²) in [5.74, 6) is 0. The number of rotatable bonds is 9. The van der Waals surface area contributed by atoms with Crippen molar-refractivity contribution >= 4 is 0 Å². The third-order valence-electron chi connectivity index (χ3n) is 1.89. The molecular formula is C10H24N2O2. The summed E-state index contributed by atoms with van der Waals surface area (Å²) in [6.45, 7) is 6.13. The smallest absolute Gasteiger partial charge is 0.0626 e. The predicted octanol–water partition coefficient (Wildman–Crippen LogP) is 0.319. The van der Waals surface area contributed by atoms with E-state index in [0.717, 1.165) is 32.7 Å². The van der Waals surface area contributed by atoms with Crippen molar-refractivity contribution in [3.05, 3.63) is 0 Å². The Balaban J connectivity index is 3.30. The molecule has 0 saturated heterocycles. The molecule has 14 heavy (non-hydrogen) atoms. The number of methoxy groups -OCH3 is 1. The molecule has 2 N–H and O–H groups in total. The van der Waals surface area contributed by atoms with E-state index >= 15 is 0 Å².